The number of nitrogens with two attached hydrogens (primary N) is 1. The van der Waals surface area contributed by atoms with E-state index in [1.54, 1.807) is 6.92 Å². The Morgan fingerprint density at radius 3 is 2.45 bits per heavy atom. The van der Waals surface area contributed by atoms with Gasteiger partial charge in [0.1, 0.15) is 5.69 Å². The fraction of sp³-hybridized carbons (Fsp3) is 0.0769. The van der Waals surface area contributed by atoms with Crippen LogP contribution in [0.4, 0.5) is 21.5 Å². The van der Waals surface area contributed by atoms with Gasteiger partial charge in [0.25, 0.3) is 0 Å². The molecule has 0 fully saturated rings. The van der Waals surface area contributed by atoms with E-state index in [-0.39, 0.29) is 10.6 Å². The van der Waals surface area contributed by atoms with Crippen molar-refractivity contribution < 1.29 is 13.2 Å². The van der Waals surface area contributed by atoms with E-state index in [4.69, 9.17) is 10.3 Å². The summed E-state index contributed by atoms with van der Waals surface area (Å²) in [7, 11) is 0. The second-order valence-corrected chi connectivity index (χ2v) is 5.07. The van der Waals surface area contributed by atoms with Crippen molar-refractivity contribution in [3.05, 3.63) is 47.8 Å². The van der Waals surface area contributed by atoms with Gasteiger partial charge < -0.3 is 10.3 Å². The van der Waals surface area contributed by atoms with Crippen LogP contribution in [0.25, 0.3) is 0 Å². The molecule has 104 valence electrons. The molecule has 20 heavy (non-hydrogen) atoms. The Morgan fingerprint density at radius 2 is 1.85 bits per heavy atom. The zero-order valence-corrected chi connectivity index (χ0v) is 11.4. The predicted octanol–water partition coefficient (Wildman–Crippen LogP) is 3.71. The molecule has 0 aromatic heterocycles. The molecule has 0 spiro atoms. The van der Waals surface area contributed by atoms with Crippen molar-refractivity contribution >= 4 is 28.1 Å². The van der Waals surface area contributed by atoms with Crippen LogP contribution in [0, 0.1) is 12.7 Å². The molecule has 0 heterocycles. The van der Waals surface area contributed by atoms with Crippen LogP contribution in [0.1, 0.15) is 5.56 Å². The Bertz CT molecular complexity index is 687. The predicted molar refractivity (Wildman–Crippen MR) is 75.2 cm³/mol. The number of benzene rings is 2. The molecule has 2 aromatic rings. The zero-order valence-electron chi connectivity index (χ0n) is 10.6. The molecular weight excluding hydrogens is 281 g/mol. The summed E-state index contributed by atoms with van der Waals surface area (Å²) < 4.78 is 33.3. The molecular formula is C13H12FN3O2S. The molecule has 1 unspecified atom stereocenters. The summed E-state index contributed by atoms with van der Waals surface area (Å²) in [6, 6.07) is 8.65. The Balaban J connectivity index is 2.25. The number of rotatable bonds is 3. The maximum Gasteiger partial charge on any atom is 0.186 e. The van der Waals surface area contributed by atoms with Crippen molar-refractivity contribution in [1.29, 1.82) is 0 Å². The molecule has 0 radical (unpaired) electrons. The molecule has 0 bridgehead atoms. The molecule has 0 aliphatic rings. The second-order valence-electron chi connectivity index (χ2n) is 4.10. The van der Waals surface area contributed by atoms with Gasteiger partial charge in [-0.1, -0.05) is 0 Å². The van der Waals surface area contributed by atoms with E-state index < -0.39 is 16.9 Å². The minimum atomic E-state index is -2.03. The van der Waals surface area contributed by atoms with Crippen molar-refractivity contribution in [2.45, 2.75) is 11.8 Å². The van der Waals surface area contributed by atoms with Gasteiger partial charge in [-0.05, 0) is 48.9 Å². The van der Waals surface area contributed by atoms with Crippen LogP contribution in [0.15, 0.2) is 51.5 Å². The zero-order chi connectivity index (χ0) is 14.7. The number of halogens is 1. The summed E-state index contributed by atoms with van der Waals surface area (Å²) >= 11 is -2.03. The minimum absolute atomic E-state index is 0.0894. The van der Waals surface area contributed by atoms with Gasteiger partial charge in [0, 0.05) is 5.69 Å². The highest BCUT2D eigenvalue weighted by Crippen LogP contribution is 2.26. The lowest BCUT2D eigenvalue weighted by molar-refractivity contribution is 0.564. The average Bonchev–Trinajstić information content (AvgIpc) is 2.42. The van der Waals surface area contributed by atoms with E-state index in [1.807, 2.05) is 0 Å². The van der Waals surface area contributed by atoms with Gasteiger partial charge in [0.05, 0.1) is 10.6 Å². The van der Waals surface area contributed by atoms with Crippen molar-refractivity contribution in [1.82, 2.24) is 0 Å². The molecule has 0 saturated carbocycles. The highest BCUT2D eigenvalue weighted by atomic mass is 32.2. The van der Waals surface area contributed by atoms with Crippen LogP contribution < -0.4 is 5.73 Å². The van der Waals surface area contributed by atoms with Crippen molar-refractivity contribution in [2.24, 2.45) is 10.2 Å². The number of nitrogens with zero attached hydrogens (tertiary/aromatic N) is 2. The van der Waals surface area contributed by atoms with Crippen LogP contribution in [0.3, 0.4) is 0 Å². The van der Waals surface area contributed by atoms with E-state index in [1.165, 1.54) is 36.4 Å². The first-order chi connectivity index (χ1) is 9.47. The van der Waals surface area contributed by atoms with E-state index in [0.717, 1.165) is 0 Å². The van der Waals surface area contributed by atoms with Crippen molar-refractivity contribution in [2.75, 3.05) is 5.73 Å². The van der Waals surface area contributed by atoms with Gasteiger partial charge in [-0.15, -0.1) is 5.11 Å². The standard InChI is InChI=1S/C13H12FN3O2S/c1-8-6-13(11(14)7-12(8)15)17-16-9-2-4-10(5-3-9)20(18)19/h2-7H,15H2,1H3,(H,18,19). The molecule has 2 aromatic carbocycles. The summed E-state index contributed by atoms with van der Waals surface area (Å²) in [6.07, 6.45) is 0. The maximum absolute atomic E-state index is 13.6. The number of hydrogen-bond donors (Lipinski definition) is 2. The van der Waals surface area contributed by atoms with Gasteiger partial charge in [-0.2, -0.15) is 5.11 Å². The van der Waals surface area contributed by atoms with Crippen LogP contribution in [0.5, 0.6) is 0 Å². The van der Waals surface area contributed by atoms with Crippen LogP contribution >= 0.6 is 0 Å². The van der Waals surface area contributed by atoms with E-state index in [2.05, 4.69) is 10.2 Å². The Morgan fingerprint density at radius 1 is 1.20 bits per heavy atom. The lowest BCUT2D eigenvalue weighted by Gasteiger charge is -2.02. The third kappa shape index (κ3) is 3.25. The number of anilines is 1. The SMILES string of the molecule is Cc1cc(N=Nc2ccc(S(=O)O)cc2)c(F)cc1N. The summed E-state index contributed by atoms with van der Waals surface area (Å²) in [5.74, 6) is -0.551. The average molecular weight is 293 g/mol. The van der Waals surface area contributed by atoms with Gasteiger partial charge in [-0.3, -0.25) is 0 Å². The normalized spacial score (nSPS) is 12.8. The van der Waals surface area contributed by atoms with E-state index in [0.29, 0.717) is 16.9 Å². The molecule has 1 atom stereocenters. The molecule has 2 rings (SSSR count). The molecule has 0 aliphatic carbocycles. The van der Waals surface area contributed by atoms with E-state index in [9.17, 15) is 8.60 Å². The smallest absolute Gasteiger partial charge is 0.186 e. The van der Waals surface area contributed by atoms with E-state index >= 15 is 0 Å². The van der Waals surface area contributed by atoms with Gasteiger partial charge >= 0.3 is 0 Å². The van der Waals surface area contributed by atoms with Crippen molar-refractivity contribution in [3.8, 4) is 0 Å². The molecule has 3 N–H and O–H groups in total. The van der Waals surface area contributed by atoms with Crippen molar-refractivity contribution in [3.63, 3.8) is 0 Å². The summed E-state index contributed by atoms with van der Waals surface area (Å²) in [6.45, 7) is 1.75. The largest absolute Gasteiger partial charge is 0.398 e. The molecule has 0 amide bonds. The number of aryl methyl sites for hydroxylation is 1. The minimum Gasteiger partial charge on any atom is -0.398 e. The Labute approximate surface area is 117 Å². The monoisotopic (exact) mass is 293 g/mol. The first-order valence-electron chi connectivity index (χ1n) is 5.65. The Kier molecular flexibility index (Phi) is 4.21. The summed E-state index contributed by atoms with van der Waals surface area (Å²) in [4.78, 5) is 0.262. The summed E-state index contributed by atoms with van der Waals surface area (Å²) in [5, 5.41) is 7.68. The molecule has 7 heteroatoms. The van der Waals surface area contributed by atoms with Crippen LogP contribution in [0.2, 0.25) is 0 Å². The van der Waals surface area contributed by atoms with Crippen LogP contribution in [-0.4, -0.2) is 8.76 Å². The lowest BCUT2D eigenvalue weighted by atomic mass is 10.2. The lowest BCUT2D eigenvalue weighted by Crippen LogP contribution is -1.90. The topological polar surface area (TPSA) is 88.0 Å². The van der Waals surface area contributed by atoms with Gasteiger partial charge in [-0.25, -0.2) is 8.60 Å². The Hall–Kier alpha value is -2.12. The molecule has 5 nitrogen and oxygen atoms in total. The maximum atomic E-state index is 13.6. The number of azo groups is 1. The number of nitrogen functional groups attached to an aromatic ring is 1. The van der Waals surface area contributed by atoms with Gasteiger partial charge in [0.2, 0.25) is 0 Å². The fourth-order valence-electron chi connectivity index (χ4n) is 1.50. The quantitative estimate of drug-likeness (QED) is 0.513. The molecule has 0 aliphatic heterocycles. The highest BCUT2D eigenvalue weighted by Gasteiger charge is 2.05. The summed E-state index contributed by atoms with van der Waals surface area (Å²) in [5.41, 5.74) is 7.19. The van der Waals surface area contributed by atoms with Gasteiger partial charge in [0.15, 0.2) is 16.9 Å². The third-order valence-electron chi connectivity index (χ3n) is 2.65. The second kappa shape index (κ2) is 5.89. The molecule has 0 saturated heterocycles. The first kappa shape index (κ1) is 14.3. The third-order valence-corrected chi connectivity index (χ3v) is 3.32. The highest BCUT2D eigenvalue weighted by molar-refractivity contribution is 7.79. The first-order valence-corrected chi connectivity index (χ1v) is 6.76. The fourth-order valence-corrected chi connectivity index (χ4v) is 1.87. The van der Waals surface area contributed by atoms with Crippen LogP contribution in [-0.2, 0) is 11.1 Å². The number of hydrogen-bond acceptors (Lipinski definition) is 4.